The lowest BCUT2D eigenvalue weighted by Gasteiger charge is -2.46. The van der Waals surface area contributed by atoms with E-state index in [4.69, 9.17) is 10.2 Å². The summed E-state index contributed by atoms with van der Waals surface area (Å²) in [4.78, 5) is 37.9. The summed E-state index contributed by atoms with van der Waals surface area (Å²) in [5.41, 5.74) is 2.95. The van der Waals surface area contributed by atoms with E-state index in [9.17, 15) is 34.8 Å². The molecule has 1 heterocycles. The number of carbonyl (C=O) groups is 3. The lowest BCUT2D eigenvalue weighted by Crippen LogP contribution is -2.58. The van der Waals surface area contributed by atoms with Crippen LogP contribution < -0.4 is 5.73 Å². The van der Waals surface area contributed by atoms with Gasteiger partial charge in [-0.1, -0.05) is 13.8 Å². The molecule has 1 aromatic heterocycles. The zero-order chi connectivity index (χ0) is 26.8. The molecule has 0 bridgehead atoms. The van der Waals surface area contributed by atoms with Crippen LogP contribution in [-0.2, 0) is 27.2 Å². The molecular weight excluding hydrogens is 478 g/mol. The van der Waals surface area contributed by atoms with Gasteiger partial charge in [0.15, 0.2) is 11.4 Å². The molecule has 6 N–H and O–H groups in total. The maximum Gasteiger partial charge on any atom is 0.255 e. The summed E-state index contributed by atoms with van der Waals surface area (Å²) in [6.45, 7) is 4.26. The summed E-state index contributed by atoms with van der Waals surface area (Å²) < 4.78 is 6.07. The second-order valence-corrected chi connectivity index (χ2v) is 10.6. The van der Waals surface area contributed by atoms with Crippen molar-refractivity contribution in [1.29, 1.82) is 0 Å². The first-order valence-corrected chi connectivity index (χ1v) is 12.4. The van der Waals surface area contributed by atoms with Gasteiger partial charge in [0.05, 0.1) is 5.56 Å². The number of phenols is 1. The quantitative estimate of drug-likeness (QED) is 0.384. The minimum Gasteiger partial charge on any atom is -0.508 e. The van der Waals surface area contributed by atoms with E-state index in [1.807, 2.05) is 12.1 Å². The molecule has 1 saturated carbocycles. The van der Waals surface area contributed by atoms with E-state index in [2.05, 4.69) is 13.8 Å². The Morgan fingerprint density at radius 2 is 1.86 bits per heavy atom. The number of benzene rings is 1. The summed E-state index contributed by atoms with van der Waals surface area (Å²) in [6.07, 6.45) is 1.67. The number of aliphatic hydroxyl groups excluding tert-OH is 2. The van der Waals surface area contributed by atoms with E-state index in [1.54, 1.807) is 6.07 Å². The number of hydrogen-bond acceptors (Lipinski definition) is 8. The Morgan fingerprint density at radius 1 is 1.14 bits per heavy atom. The molecular formula is C28H29NO8. The molecule has 1 fully saturated rings. The predicted molar refractivity (Wildman–Crippen MR) is 132 cm³/mol. The Labute approximate surface area is 212 Å². The second kappa shape index (κ2) is 8.62. The number of phenolic OH excluding ortho intramolecular Hbond substituents is 1. The topological polar surface area (TPSA) is 171 Å². The van der Waals surface area contributed by atoms with Gasteiger partial charge in [0.1, 0.15) is 34.4 Å². The number of aryl methyl sites for hydroxylation is 1. The number of carbonyl (C=O) groups excluding carboxylic acids is 3. The monoisotopic (exact) mass is 507 g/mol. The van der Waals surface area contributed by atoms with Gasteiger partial charge in [0.25, 0.3) is 5.91 Å². The van der Waals surface area contributed by atoms with E-state index >= 15 is 0 Å². The Hall–Kier alpha value is -3.85. The van der Waals surface area contributed by atoms with Crippen molar-refractivity contribution in [2.75, 3.05) is 0 Å². The van der Waals surface area contributed by atoms with E-state index < -0.39 is 52.0 Å². The van der Waals surface area contributed by atoms with Crippen LogP contribution in [0.4, 0.5) is 0 Å². The van der Waals surface area contributed by atoms with Crippen LogP contribution >= 0.6 is 0 Å². The third-order valence-corrected chi connectivity index (χ3v) is 7.84. The van der Waals surface area contributed by atoms with E-state index in [0.717, 1.165) is 18.6 Å². The molecule has 0 spiro atoms. The number of primary amides is 1. The predicted octanol–water partition coefficient (Wildman–Crippen LogP) is 3.27. The Morgan fingerprint density at radius 3 is 2.54 bits per heavy atom. The van der Waals surface area contributed by atoms with E-state index in [0.29, 0.717) is 22.8 Å². The lowest BCUT2D eigenvalue weighted by atomic mass is 9.59. The molecule has 9 heteroatoms. The summed E-state index contributed by atoms with van der Waals surface area (Å²) in [5.74, 6) is -4.59. The molecule has 9 nitrogen and oxygen atoms in total. The molecule has 3 atom stereocenters. The Balaban J connectivity index is 1.61. The molecule has 0 radical (unpaired) electrons. The Kier molecular flexibility index (Phi) is 5.79. The van der Waals surface area contributed by atoms with Crippen LogP contribution in [-0.4, -0.2) is 43.5 Å². The maximum absolute atomic E-state index is 13.6. The van der Waals surface area contributed by atoms with Gasteiger partial charge in [-0.15, -0.1) is 0 Å². The summed E-state index contributed by atoms with van der Waals surface area (Å²) in [5, 5.41) is 43.9. The zero-order valence-electron chi connectivity index (χ0n) is 20.6. The van der Waals surface area contributed by atoms with Gasteiger partial charge < -0.3 is 30.6 Å². The fourth-order valence-corrected chi connectivity index (χ4v) is 5.94. The number of hydrogen-bond donors (Lipinski definition) is 5. The zero-order valence-corrected chi connectivity index (χ0v) is 20.6. The maximum atomic E-state index is 13.6. The molecule has 3 aliphatic rings. The van der Waals surface area contributed by atoms with E-state index in [-0.39, 0.29) is 36.1 Å². The number of amides is 1. The van der Waals surface area contributed by atoms with Gasteiger partial charge in [-0.2, -0.15) is 0 Å². The molecule has 0 unspecified atom stereocenters. The number of nitrogens with two attached hydrogens (primary N) is 1. The van der Waals surface area contributed by atoms with Crippen LogP contribution in [0.1, 0.15) is 50.0 Å². The molecule has 194 valence electrons. The number of aliphatic hydroxyl groups is 3. The fraction of sp³-hybridized carbons (Fsp3) is 0.393. The van der Waals surface area contributed by atoms with Gasteiger partial charge in [0, 0.05) is 29.9 Å². The number of ketones is 2. The highest BCUT2D eigenvalue weighted by Crippen LogP contribution is 2.53. The lowest BCUT2D eigenvalue weighted by molar-refractivity contribution is -0.147. The summed E-state index contributed by atoms with van der Waals surface area (Å²) in [6, 6.07) is 6.81. The van der Waals surface area contributed by atoms with Crippen LogP contribution in [0.15, 0.2) is 45.6 Å². The first kappa shape index (κ1) is 24.8. The number of fused-ring (bicyclic) bond motifs is 3. The SMILES string of the molecule is CC(C)CCc1ccc(-c2ccc(O)c3c2C[C@H]2C[C@H]4CC(=O)C(C(N)=O)=C(O)[C@@]4(O)C(=O)C2=C3O)o1. The first-order chi connectivity index (χ1) is 17.4. The molecule has 2 aromatic rings. The summed E-state index contributed by atoms with van der Waals surface area (Å²) in [7, 11) is 0. The highest BCUT2D eigenvalue weighted by molar-refractivity contribution is 6.22. The van der Waals surface area contributed by atoms with Crippen molar-refractivity contribution in [3.05, 3.63) is 58.1 Å². The average Bonchev–Trinajstić information content (AvgIpc) is 3.28. The Bertz CT molecular complexity index is 1410. The minimum absolute atomic E-state index is 0.0461. The van der Waals surface area contributed by atoms with Crippen molar-refractivity contribution in [3.8, 4) is 17.1 Å². The second-order valence-electron chi connectivity index (χ2n) is 10.6. The van der Waals surface area contributed by atoms with Crippen LogP contribution in [0, 0.1) is 17.8 Å². The summed E-state index contributed by atoms with van der Waals surface area (Å²) >= 11 is 0. The minimum atomic E-state index is -2.57. The van der Waals surface area contributed by atoms with Gasteiger partial charge >= 0.3 is 0 Å². The van der Waals surface area contributed by atoms with Crippen LogP contribution in [0.25, 0.3) is 17.1 Å². The third kappa shape index (κ3) is 3.68. The van der Waals surface area contributed by atoms with Crippen LogP contribution in [0.2, 0.25) is 0 Å². The molecule has 1 amide bonds. The van der Waals surface area contributed by atoms with Crippen LogP contribution in [0.5, 0.6) is 5.75 Å². The van der Waals surface area contributed by atoms with Crippen LogP contribution in [0.3, 0.4) is 0 Å². The normalized spacial score (nSPS) is 25.3. The highest BCUT2D eigenvalue weighted by Gasteiger charge is 2.60. The highest BCUT2D eigenvalue weighted by atomic mass is 16.4. The van der Waals surface area contributed by atoms with Crippen molar-refractivity contribution in [1.82, 2.24) is 0 Å². The van der Waals surface area contributed by atoms with Gasteiger partial charge in [-0.05, 0) is 60.9 Å². The van der Waals surface area contributed by atoms with E-state index in [1.165, 1.54) is 6.07 Å². The molecule has 3 aliphatic carbocycles. The smallest absolute Gasteiger partial charge is 0.255 e. The molecule has 5 rings (SSSR count). The third-order valence-electron chi connectivity index (χ3n) is 7.84. The van der Waals surface area contributed by atoms with Gasteiger partial charge in [0.2, 0.25) is 5.78 Å². The first-order valence-electron chi connectivity index (χ1n) is 12.4. The number of Topliss-reactive ketones (excluding diaryl/α,β-unsaturated/α-hetero) is 2. The van der Waals surface area contributed by atoms with Gasteiger partial charge in [-0.3, -0.25) is 14.4 Å². The average molecular weight is 508 g/mol. The molecule has 1 aromatic carbocycles. The number of rotatable bonds is 5. The van der Waals surface area contributed by atoms with Gasteiger partial charge in [-0.25, -0.2) is 0 Å². The van der Waals surface area contributed by atoms with Crippen molar-refractivity contribution in [2.24, 2.45) is 23.5 Å². The molecule has 0 saturated heterocycles. The largest absolute Gasteiger partial charge is 0.508 e. The van der Waals surface area contributed by atoms with Crippen molar-refractivity contribution >= 4 is 23.2 Å². The molecule has 0 aliphatic heterocycles. The van der Waals surface area contributed by atoms with Crippen molar-refractivity contribution in [2.45, 2.75) is 51.6 Å². The van der Waals surface area contributed by atoms with Crippen molar-refractivity contribution < 1.29 is 39.2 Å². The number of furan rings is 1. The fourth-order valence-electron chi connectivity index (χ4n) is 5.94. The molecule has 37 heavy (non-hydrogen) atoms. The standard InChI is InChI=1S/C28H29NO8/c1-12(2)3-4-15-5-8-20(37-15)16-6-7-18(30)22-17(16)10-13-9-14-11-19(31)23(27(29)35)26(34)28(14,36)25(33)21(13)24(22)32/h5-8,12-14,30,32,34,36H,3-4,9-11H2,1-2H3,(H2,29,35)/t13-,14+,28+/m1/s1. The van der Waals surface area contributed by atoms with Crippen molar-refractivity contribution in [3.63, 3.8) is 0 Å². The number of aromatic hydroxyl groups is 1.